The second-order valence-corrected chi connectivity index (χ2v) is 7.30. The number of anilines is 1. The van der Waals surface area contributed by atoms with Gasteiger partial charge < -0.3 is 15.1 Å². The van der Waals surface area contributed by atoms with Gasteiger partial charge in [0.25, 0.3) is 0 Å². The normalized spacial score (nSPS) is 17.4. The second kappa shape index (κ2) is 9.26. The first-order valence-corrected chi connectivity index (χ1v) is 9.66. The Balaban J connectivity index is 1.55. The molecule has 2 heterocycles. The lowest BCUT2D eigenvalue weighted by Gasteiger charge is -2.37. The van der Waals surface area contributed by atoms with Gasteiger partial charge in [-0.3, -0.25) is 4.98 Å². The number of piperidine rings is 1. The second-order valence-electron chi connectivity index (χ2n) is 7.30. The van der Waals surface area contributed by atoms with Crippen LogP contribution in [0.25, 0.3) is 0 Å². The Bertz CT molecular complexity index is 813. The third-order valence-electron chi connectivity index (χ3n) is 5.20. The molecule has 0 spiro atoms. The molecule has 1 atom stereocenters. The van der Waals surface area contributed by atoms with Gasteiger partial charge in [0.1, 0.15) is 0 Å². The van der Waals surface area contributed by atoms with E-state index in [1.165, 1.54) is 12.1 Å². The Morgan fingerprint density at radius 2 is 2.10 bits per heavy atom. The van der Waals surface area contributed by atoms with Crippen molar-refractivity contribution < 1.29 is 18.0 Å². The van der Waals surface area contributed by atoms with Crippen LogP contribution in [0.5, 0.6) is 0 Å². The molecule has 1 aliphatic heterocycles. The molecule has 1 unspecified atom stereocenters. The van der Waals surface area contributed by atoms with E-state index < -0.39 is 11.7 Å². The van der Waals surface area contributed by atoms with Gasteiger partial charge in [0.15, 0.2) is 0 Å². The summed E-state index contributed by atoms with van der Waals surface area (Å²) in [5.41, 5.74) is 0.394. The number of nitrogens with one attached hydrogen (secondary N) is 1. The van der Waals surface area contributed by atoms with Crippen LogP contribution in [0, 0.1) is 0 Å². The molecule has 1 saturated heterocycles. The molecule has 3 rings (SSSR count). The molecular formula is C21H25F3N4O. The molecule has 0 aliphatic carbocycles. The number of likely N-dealkylation sites (tertiary alicyclic amines) is 1. The summed E-state index contributed by atoms with van der Waals surface area (Å²) in [7, 11) is 2.03. The number of amides is 2. The highest BCUT2D eigenvalue weighted by molar-refractivity contribution is 5.89. The highest BCUT2D eigenvalue weighted by atomic mass is 19.4. The van der Waals surface area contributed by atoms with Crippen LogP contribution in [0.3, 0.4) is 0 Å². The van der Waals surface area contributed by atoms with Crippen LogP contribution in [0.4, 0.5) is 23.7 Å². The van der Waals surface area contributed by atoms with E-state index in [-0.39, 0.29) is 17.8 Å². The first kappa shape index (κ1) is 21.1. The summed E-state index contributed by atoms with van der Waals surface area (Å²) >= 11 is 0. The third-order valence-corrected chi connectivity index (χ3v) is 5.20. The maximum atomic E-state index is 12.9. The van der Waals surface area contributed by atoms with Crippen LogP contribution in [0.2, 0.25) is 0 Å². The van der Waals surface area contributed by atoms with Crippen molar-refractivity contribution in [2.24, 2.45) is 0 Å². The quantitative estimate of drug-likeness (QED) is 0.807. The highest BCUT2D eigenvalue weighted by Gasteiger charge is 2.31. The van der Waals surface area contributed by atoms with Gasteiger partial charge in [-0.15, -0.1) is 0 Å². The maximum Gasteiger partial charge on any atom is 0.416 e. The van der Waals surface area contributed by atoms with Gasteiger partial charge in [-0.25, -0.2) is 4.79 Å². The number of pyridine rings is 1. The van der Waals surface area contributed by atoms with Crippen molar-refractivity contribution in [1.82, 2.24) is 14.8 Å². The molecular weight excluding hydrogens is 381 g/mol. The first-order chi connectivity index (χ1) is 13.8. The van der Waals surface area contributed by atoms with Crippen LogP contribution < -0.4 is 5.32 Å². The Hall–Kier alpha value is -2.61. The third kappa shape index (κ3) is 5.93. The fourth-order valence-electron chi connectivity index (χ4n) is 3.49. The molecule has 1 N–H and O–H groups in total. The van der Waals surface area contributed by atoms with Gasteiger partial charge in [-0.1, -0.05) is 12.1 Å². The monoisotopic (exact) mass is 406 g/mol. The summed E-state index contributed by atoms with van der Waals surface area (Å²) < 4.78 is 38.6. The van der Waals surface area contributed by atoms with Crippen molar-refractivity contribution in [3.8, 4) is 0 Å². The van der Waals surface area contributed by atoms with Crippen LogP contribution in [-0.2, 0) is 12.6 Å². The van der Waals surface area contributed by atoms with E-state index in [4.69, 9.17) is 0 Å². The average Bonchev–Trinajstić information content (AvgIpc) is 2.72. The van der Waals surface area contributed by atoms with Crippen molar-refractivity contribution >= 4 is 11.7 Å². The van der Waals surface area contributed by atoms with Crippen molar-refractivity contribution in [3.63, 3.8) is 0 Å². The van der Waals surface area contributed by atoms with E-state index in [0.29, 0.717) is 13.1 Å². The number of likely N-dealkylation sites (N-methyl/N-ethyl adjacent to an activating group) is 1. The van der Waals surface area contributed by atoms with Crippen molar-refractivity contribution in [2.45, 2.75) is 31.5 Å². The van der Waals surface area contributed by atoms with Crippen LogP contribution in [0.1, 0.15) is 24.1 Å². The summed E-state index contributed by atoms with van der Waals surface area (Å²) in [6, 6.07) is 10.4. The predicted octanol–water partition coefficient (Wildman–Crippen LogP) is 4.27. The number of aromatic nitrogens is 1. The number of hydrogen-bond donors (Lipinski definition) is 1. The van der Waals surface area contributed by atoms with Crippen molar-refractivity contribution in [1.29, 1.82) is 0 Å². The summed E-state index contributed by atoms with van der Waals surface area (Å²) in [5.74, 6) is 0. The van der Waals surface area contributed by atoms with Gasteiger partial charge >= 0.3 is 12.2 Å². The number of alkyl halides is 3. The van der Waals surface area contributed by atoms with E-state index in [0.717, 1.165) is 43.6 Å². The number of urea groups is 1. The Kier molecular flexibility index (Phi) is 6.74. The summed E-state index contributed by atoms with van der Waals surface area (Å²) in [6.45, 7) is 1.96. The van der Waals surface area contributed by atoms with Crippen molar-refractivity contribution in [2.75, 3.05) is 32.0 Å². The molecule has 0 bridgehead atoms. The number of carbonyl (C=O) groups is 1. The van der Waals surface area contributed by atoms with Gasteiger partial charge in [0.2, 0.25) is 0 Å². The zero-order valence-corrected chi connectivity index (χ0v) is 16.3. The molecule has 1 aromatic carbocycles. The van der Waals surface area contributed by atoms with Gasteiger partial charge in [0.05, 0.1) is 5.56 Å². The Labute approximate surface area is 168 Å². The zero-order chi connectivity index (χ0) is 20.9. The lowest BCUT2D eigenvalue weighted by atomic mass is 10.0. The lowest BCUT2D eigenvalue weighted by Crippen LogP contribution is -2.50. The summed E-state index contributed by atoms with van der Waals surface area (Å²) in [6.07, 6.45) is -0.00595. The fourth-order valence-corrected chi connectivity index (χ4v) is 3.49. The van der Waals surface area contributed by atoms with E-state index in [2.05, 4.69) is 15.2 Å². The number of hydrogen-bond acceptors (Lipinski definition) is 3. The molecule has 5 nitrogen and oxygen atoms in total. The van der Waals surface area contributed by atoms with Crippen molar-refractivity contribution in [3.05, 3.63) is 59.9 Å². The molecule has 0 radical (unpaired) electrons. The molecule has 1 aliphatic rings. The molecule has 0 saturated carbocycles. The summed E-state index contributed by atoms with van der Waals surface area (Å²) in [4.78, 5) is 20.8. The molecule has 1 fully saturated rings. The minimum atomic E-state index is -4.44. The largest absolute Gasteiger partial charge is 0.416 e. The van der Waals surface area contributed by atoms with Gasteiger partial charge in [-0.2, -0.15) is 13.2 Å². The number of halogens is 3. The maximum absolute atomic E-state index is 12.9. The van der Waals surface area contributed by atoms with Gasteiger partial charge in [-0.05, 0) is 50.2 Å². The molecule has 156 valence electrons. The number of carbonyl (C=O) groups excluding carboxylic acids is 1. The molecule has 2 amide bonds. The highest BCUT2D eigenvalue weighted by Crippen LogP contribution is 2.30. The average molecular weight is 406 g/mol. The van der Waals surface area contributed by atoms with E-state index >= 15 is 0 Å². The first-order valence-electron chi connectivity index (χ1n) is 9.66. The van der Waals surface area contributed by atoms with E-state index in [1.54, 1.807) is 11.1 Å². The van der Waals surface area contributed by atoms with E-state index in [1.807, 2.05) is 25.2 Å². The zero-order valence-electron chi connectivity index (χ0n) is 16.3. The lowest BCUT2D eigenvalue weighted by molar-refractivity contribution is -0.137. The minimum absolute atomic E-state index is 0.149. The predicted molar refractivity (Wildman–Crippen MR) is 106 cm³/mol. The standard InChI is InChI=1S/C21H25F3N4O/c1-27(13-10-17-7-2-3-11-25-17)19-9-5-12-28(15-19)20(29)26-18-8-4-6-16(14-18)21(22,23)24/h2-4,6-8,11,14,19H,5,9-10,12-13,15H2,1H3,(H,26,29). The van der Waals surface area contributed by atoms with E-state index in [9.17, 15) is 18.0 Å². The smallest absolute Gasteiger partial charge is 0.323 e. The Morgan fingerprint density at radius 3 is 2.83 bits per heavy atom. The number of benzene rings is 1. The molecule has 1 aromatic heterocycles. The number of rotatable bonds is 5. The SMILES string of the molecule is CN(CCc1ccccn1)C1CCCN(C(=O)Nc2cccc(C(F)(F)F)c2)C1. The summed E-state index contributed by atoms with van der Waals surface area (Å²) in [5, 5.41) is 2.60. The molecule has 2 aromatic rings. The molecule has 29 heavy (non-hydrogen) atoms. The van der Waals surface area contributed by atoms with Crippen LogP contribution in [0.15, 0.2) is 48.7 Å². The minimum Gasteiger partial charge on any atom is -0.323 e. The fraction of sp³-hybridized carbons (Fsp3) is 0.429. The Morgan fingerprint density at radius 1 is 1.28 bits per heavy atom. The molecule has 8 heteroatoms. The topological polar surface area (TPSA) is 48.5 Å². The van der Waals surface area contributed by atoms with Crippen LogP contribution in [-0.4, -0.2) is 53.5 Å². The van der Waals surface area contributed by atoms with Gasteiger partial charge in [0, 0.05) is 49.7 Å². The number of nitrogens with zero attached hydrogens (tertiary/aromatic N) is 3. The van der Waals surface area contributed by atoms with Crippen LogP contribution >= 0.6 is 0 Å².